The third kappa shape index (κ3) is 4.37. The van der Waals surface area contributed by atoms with Crippen molar-refractivity contribution in [1.82, 2.24) is 4.90 Å². The molecule has 3 amide bonds. The van der Waals surface area contributed by atoms with E-state index in [2.05, 4.69) is 10.2 Å². The molecule has 1 unspecified atom stereocenters. The lowest BCUT2D eigenvalue weighted by molar-refractivity contribution is -0.123. The molecule has 0 aromatic heterocycles. The van der Waals surface area contributed by atoms with E-state index in [1.807, 2.05) is 6.07 Å². The summed E-state index contributed by atoms with van der Waals surface area (Å²) in [6.45, 7) is 0.611. The van der Waals surface area contributed by atoms with E-state index in [0.717, 1.165) is 31.5 Å². The van der Waals surface area contributed by atoms with Crippen LogP contribution < -0.4 is 24.6 Å². The van der Waals surface area contributed by atoms with Gasteiger partial charge < -0.3 is 24.6 Å². The number of fused-ring (bicyclic) bond motifs is 3. The zero-order valence-corrected chi connectivity index (χ0v) is 20.0. The summed E-state index contributed by atoms with van der Waals surface area (Å²) in [4.78, 5) is 44.2. The summed E-state index contributed by atoms with van der Waals surface area (Å²) >= 11 is 0. The second-order valence-electron chi connectivity index (χ2n) is 8.65. The zero-order valence-electron chi connectivity index (χ0n) is 20.0. The highest BCUT2D eigenvalue weighted by atomic mass is 16.5. The monoisotopic (exact) mass is 466 g/mol. The molecule has 34 heavy (non-hydrogen) atoms. The van der Waals surface area contributed by atoms with Crippen LogP contribution >= 0.6 is 0 Å². The van der Waals surface area contributed by atoms with E-state index in [9.17, 15) is 14.4 Å². The van der Waals surface area contributed by atoms with Gasteiger partial charge in [-0.3, -0.25) is 19.3 Å². The van der Waals surface area contributed by atoms with Gasteiger partial charge in [0.1, 0.15) is 12.6 Å². The summed E-state index contributed by atoms with van der Waals surface area (Å²) in [5.41, 5.74) is 2.46. The maximum absolute atomic E-state index is 13.5. The molecule has 2 aliphatic heterocycles. The molecular formula is C25H30N4O5. The summed E-state index contributed by atoms with van der Waals surface area (Å²) < 4.78 is 10.5. The van der Waals surface area contributed by atoms with Crippen molar-refractivity contribution in [3.63, 3.8) is 0 Å². The molecule has 0 spiro atoms. The van der Waals surface area contributed by atoms with E-state index >= 15 is 0 Å². The molecule has 0 aliphatic carbocycles. The van der Waals surface area contributed by atoms with Gasteiger partial charge in [0.15, 0.2) is 11.5 Å². The van der Waals surface area contributed by atoms with E-state index in [-0.39, 0.29) is 30.3 Å². The minimum absolute atomic E-state index is 0.121. The number of carbonyl (C=O) groups excluding carboxylic acids is 3. The molecule has 9 heteroatoms. The van der Waals surface area contributed by atoms with Gasteiger partial charge in [0.05, 0.1) is 25.6 Å². The van der Waals surface area contributed by atoms with Crippen LogP contribution in [0.2, 0.25) is 0 Å². The Morgan fingerprint density at radius 2 is 1.79 bits per heavy atom. The number of methoxy groups -OCH3 is 2. The summed E-state index contributed by atoms with van der Waals surface area (Å²) in [6, 6.07) is 10.2. The van der Waals surface area contributed by atoms with E-state index < -0.39 is 0 Å². The Balaban J connectivity index is 1.64. The number of hydrogen-bond acceptors (Lipinski definition) is 6. The van der Waals surface area contributed by atoms with E-state index in [4.69, 9.17) is 9.47 Å². The van der Waals surface area contributed by atoms with Crippen molar-refractivity contribution in [2.24, 2.45) is 0 Å². The molecule has 2 aromatic carbocycles. The number of piperidine rings is 1. The van der Waals surface area contributed by atoms with E-state index in [1.165, 1.54) is 16.9 Å². The first-order chi connectivity index (χ1) is 16.3. The van der Waals surface area contributed by atoms with Crippen molar-refractivity contribution in [2.75, 3.05) is 56.5 Å². The molecule has 2 heterocycles. The number of nitrogens with one attached hydrogen (secondary N) is 1. The van der Waals surface area contributed by atoms with Crippen LogP contribution in [-0.4, -0.2) is 70.1 Å². The molecule has 1 N–H and O–H groups in total. The smallest absolute Gasteiger partial charge is 0.253 e. The molecule has 180 valence electrons. The highest BCUT2D eigenvalue weighted by Crippen LogP contribution is 2.40. The lowest BCUT2D eigenvalue weighted by Gasteiger charge is -2.45. The molecule has 2 aliphatic rings. The third-order valence-corrected chi connectivity index (χ3v) is 6.25. The van der Waals surface area contributed by atoms with Gasteiger partial charge in [0.25, 0.3) is 5.91 Å². The standard InChI is InChI=1S/C25H30N4O5/c1-27(2)24(31)16-8-10-18-20(13-16)29(25(32)19-7-5-6-12-28(18)19)15-23(30)26-17-9-11-21(33-3)22(14-17)34-4/h8-11,13-14,19H,5-7,12,15H2,1-4H3,(H,26,30). The number of rotatable bonds is 6. The molecule has 1 fully saturated rings. The molecule has 4 rings (SSSR count). The number of amides is 3. The molecule has 2 aromatic rings. The number of carbonyl (C=O) groups is 3. The molecule has 0 radical (unpaired) electrons. The summed E-state index contributed by atoms with van der Waals surface area (Å²) in [5.74, 6) is 0.412. The summed E-state index contributed by atoms with van der Waals surface area (Å²) in [6.07, 6.45) is 2.71. The first-order valence-corrected chi connectivity index (χ1v) is 11.3. The maximum Gasteiger partial charge on any atom is 0.253 e. The van der Waals surface area contributed by atoms with Crippen LogP contribution in [-0.2, 0) is 9.59 Å². The number of benzene rings is 2. The van der Waals surface area contributed by atoms with Gasteiger partial charge in [0, 0.05) is 38.0 Å². The van der Waals surface area contributed by atoms with Crippen LogP contribution in [0.4, 0.5) is 17.1 Å². The predicted octanol–water partition coefficient (Wildman–Crippen LogP) is 2.75. The van der Waals surface area contributed by atoms with Crippen LogP contribution in [0.5, 0.6) is 11.5 Å². The van der Waals surface area contributed by atoms with Crippen molar-refractivity contribution >= 4 is 34.8 Å². The maximum atomic E-state index is 13.5. The van der Waals surface area contributed by atoms with E-state index in [0.29, 0.717) is 28.4 Å². The quantitative estimate of drug-likeness (QED) is 0.704. The first kappa shape index (κ1) is 23.4. The fraction of sp³-hybridized carbons (Fsp3) is 0.400. The minimum Gasteiger partial charge on any atom is -0.493 e. The fourth-order valence-corrected chi connectivity index (χ4v) is 4.57. The Kier molecular flexibility index (Phi) is 6.63. The predicted molar refractivity (Wildman–Crippen MR) is 130 cm³/mol. The van der Waals surface area contributed by atoms with Gasteiger partial charge in [0.2, 0.25) is 11.8 Å². The fourth-order valence-electron chi connectivity index (χ4n) is 4.57. The van der Waals surface area contributed by atoms with Gasteiger partial charge >= 0.3 is 0 Å². The Hall–Kier alpha value is -3.75. The Morgan fingerprint density at radius 3 is 2.50 bits per heavy atom. The molecule has 1 saturated heterocycles. The van der Waals surface area contributed by atoms with E-state index in [1.54, 1.807) is 51.5 Å². The lowest BCUT2D eigenvalue weighted by Crippen LogP contribution is -2.56. The molecular weight excluding hydrogens is 436 g/mol. The Labute approximate surface area is 199 Å². The van der Waals surface area contributed by atoms with Gasteiger partial charge in [-0.25, -0.2) is 0 Å². The van der Waals surface area contributed by atoms with Crippen LogP contribution in [0.15, 0.2) is 36.4 Å². The highest BCUT2D eigenvalue weighted by molar-refractivity contribution is 6.11. The molecule has 0 saturated carbocycles. The lowest BCUT2D eigenvalue weighted by atomic mass is 9.95. The van der Waals surface area contributed by atoms with Crippen LogP contribution in [0.3, 0.4) is 0 Å². The molecule has 9 nitrogen and oxygen atoms in total. The van der Waals surface area contributed by atoms with Crippen molar-refractivity contribution < 1.29 is 23.9 Å². The SMILES string of the molecule is COc1ccc(NC(=O)CN2C(=O)C3CCCCN3c3ccc(C(=O)N(C)C)cc32)cc1OC. The normalized spacial score (nSPS) is 16.9. The van der Waals surface area contributed by atoms with Crippen molar-refractivity contribution in [3.05, 3.63) is 42.0 Å². The minimum atomic E-state index is -0.347. The van der Waals surface area contributed by atoms with Crippen LogP contribution in [0.1, 0.15) is 29.6 Å². The van der Waals surface area contributed by atoms with Crippen LogP contribution in [0, 0.1) is 0 Å². The largest absolute Gasteiger partial charge is 0.493 e. The zero-order chi connectivity index (χ0) is 24.4. The number of ether oxygens (including phenoxy) is 2. The Morgan fingerprint density at radius 1 is 1.03 bits per heavy atom. The molecule has 0 bridgehead atoms. The highest BCUT2D eigenvalue weighted by Gasteiger charge is 2.40. The van der Waals surface area contributed by atoms with Gasteiger partial charge in [-0.05, 0) is 49.6 Å². The van der Waals surface area contributed by atoms with Crippen LogP contribution in [0.25, 0.3) is 0 Å². The van der Waals surface area contributed by atoms with Crippen molar-refractivity contribution in [1.29, 1.82) is 0 Å². The number of nitrogens with zero attached hydrogens (tertiary/aromatic N) is 3. The van der Waals surface area contributed by atoms with Gasteiger partial charge in [-0.1, -0.05) is 0 Å². The second-order valence-corrected chi connectivity index (χ2v) is 8.65. The second kappa shape index (κ2) is 9.62. The number of anilines is 3. The van der Waals surface area contributed by atoms with Gasteiger partial charge in [-0.15, -0.1) is 0 Å². The van der Waals surface area contributed by atoms with Crippen molar-refractivity contribution in [2.45, 2.75) is 25.3 Å². The summed E-state index contributed by atoms with van der Waals surface area (Å²) in [7, 11) is 6.43. The average Bonchev–Trinajstić information content (AvgIpc) is 2.85. The van der Waals surface area contributed by atoms with Crippen molar-refractivity contribution in [3.8, 4) is 11.5 Å². The third-order valence-electron chi connectivity index (χ3n) is 6.25. The Bertz CT molecular complexity index is 1120. The number of hydrogen-bond donors (Lipinski definition) is 1. The summed E-state index contributed by atoms with van der Waals surface area (Å²) in [5, 5.41) is 2.84. The average molecular weight is 467 g/mol. The molecule has 1 atom stereocenters. The van der Waals surface area contributed by atoms with Gasteiger partial charge in [-0.2, -0.15) is 0 Å². The first-order valence-electron chi connectivity index (χ1n) is 11.3. The topological polar surface area (TPSA) is 91.4 Å².